The molecule has 0 fully saturated rings. The molecule has 0 unspecified atom stereocenters. The van der Waals surface area contributed by atoms with Crippen molar-refractivity contribution < 1.29 is 4.74 Å². The molecular weight excluding hydrogens is 178 g/mol. The maximum absolute atomic E-state index is 5.47. The summed E-state index contributed by atoms with van der Waals surface area (Å²) in [5, 5.41) is 7.13. The average molecular weight is 186 g/mol. The minimum Gasteiger partial charge on any atom is -0.476 e. The van der Waals surface area contributed by atoms with E-state index in [-0.39, 0.29) is 5.28 Å². The number of rotatable bonds is 4. The zero-order chi connectivity index (χ0) is 8.81. The number of nitrogens with zero attached hydrogens (tertiary/aromatic N) is 3. The number of hydrogen-bond acceptors (Lipinski definition) is 4. The molecule has 0 amide bonds. The molecule has 1 heterocycles. The van der Waals surface area contributed by atoms with Gasteiger partial charge in [0.15, 0.2) is 0 Å². The molecule has 0 saturated heterocycles. The molecule has 0 atom stereocenters. The number of aromatic nitrogens is 3. The summed E-state index contributed by atoms with van der Waals surface area (Å²) in [6.07, 6.45) is 3.94. The lowest BCUT2D eigenvalue weighted by atomic mass is 10.5. The smallest absolute Gasteiger partial charge is 0.246 e. The summed E-state index contributed by atoms with van der Waals surface area (Å²) >= 11 is 5.47. The first-order valence-electron chi connectivity index (χ1n) is 3.42. The first-order valence-corrected chi connectivity index (χ1v) is 3.79. The fourth-order valence-electron chi connectivity index (χ4n) is 0.584. The van der Waals surface area contributed by atoms with Crippen LogP contribution in [0.15, 0.2) is 18.9 Å². The second-order valence-electron chi connectivity index (χ2n) is 1.99. The van der Waals surface area contributed by atoms with E-state index >= 15 is 0 Å². The molecule has 0 spiro atoms. The Labute approximate surface area is 75.2 Å². The molecule has 5 heteroatoms. The van der Waals surface area contributed by atoms with E-state index in [0.717, 1.165) is 6.42 Å². The molecular formula is C7H8ClN3O. The molecule has 0 aromatic carbocycles. The van der Waals surface area contributed by atoms with Crippen LogP contribution in [0.5, 0.6) is 5.88 Å². The normalized spacial score (nSPS) is 9.42. The van der Waals surface area contributed by atoms with E-state index < -0.39 is 0 Å². The van der Waals surface area contributed by atoms with Gasteiger partial charge in [0.25, 0.3) is 0 Å². The topological polar surface area (TPSA) is 47.9 Å². The summed E-state index contributed by atoms with van der Waals surface area (Å²) < 4.78 is 5.16. The second kappa shape index (κ2) is 4.66. The third-order valence-electron chi connectivity index (χ3n) is 1.08. The van der Waals surface area contributed by atoms with Crippen LogP contribution in [0.25, 0.3) is 0 Å². The Kier molecular flexibility index (Phi) is 3.47. The number of halogens is 1. The summed E-state index contributed by atoms with van der Waals surface area (Å²) in [6, 6.07) is 0. The van der Waals surface area contributed by atoms with E-state index in [9.17, 15) is 0 Å². The highest BCUT2D eigenvalue weighted by atomic mass is 35.5. The van der Waals surface area contributed by atoms with Crippen molar-refractivity contribution in [1.82, 2.24) is 15.2 Å². The lowest BCUT2D eigenvalue weighted by Gasteiger charge is -2.00. The predicted octanol–water partition coefficient (Wildman–Crippen LogP) is 1.48. The van der Waals surface area contributed by atoms with Gasteiger partial charge in [-0.15, -0.1) is 11.7 Å². The van der Waals surface area contributed by atoms with Gasteiger partial charge in [-0.3, -0.25) is 0 Å². The van der Waals surface area contributed by atoms with Gasteiger partial charge in [0, 0.05) is 0 Å². The van der Waals surface area contributed by atoms with Crippen LogP contribution in [0.4, 0.5) is 0 Å². The maximum atomic E-state index is 5.47. The minimum atomic E-state index is 0.0890. The summed E-state index contributed by atoms with van der Waals surface area (Å²) in [5.41, 5.74) is 0. The molecule has 12 heavy (non-hydrogen) atoms. The molecule has 0 aliphatic heterocycles. The molecule has 0 bridgehead atoms. The minimum absolute atomic E-state index is 0.0890. The van der Waals surface area contributed by atoms with Crippen LogP contribution < -0.4 is 4.74 Å². The van der Waals surface area contributed by atoms with E-state index in [0.29, 0.717) is 12.5 Å². The first-order chi connectivity index (χ1) is 5.83. The summed E-state index contributed by atoms with van der Waals surface area (Å²) in [7, 11) is 0. The quantitative estimate of drug-likeness (QED) is 0.527. The fraction of sp³-hybridized carbons (Fsp3) is 0.286. The molecule has 0 aliphatic carbocycles. The van der Waals surface area contributed by atoms with Crippen LogP contribution in [0, 0.1) is 0 Å². The highest BCUT2D eigenvalue weighted by Gasteiger charge is 1.96. The molecule has 0 saturated carbocycles. The highest BCUT2D eigenvalue weighted by Crippen LogP contribution is 2.06. The summed E-state index contributed by atoms with van der Waals surface area (Å²) in [6.45, 7) is 4.08. The van der Waals surface area contributed by atoms with Crippen LogP contribution in [0.2, 0.25) is 5.28 Å². The van der Waals surface area contributed by atoms with Crippen LogP contribution in [-0.4, -0.2) is 21.8 Å². The number of hydrogen-bond donors (Lipinski definition) is 0. The first kappa shape index (κ1) is 8.93. The molecule has 0 N–H and O–H groups in total. The zero-order valence-electron chi connectivity index (χ0n) is 6.40. The molecule has 1 rings (SSSR count). The van der Waals surface area contributed by atoms with Gasteiger partial charge in [-0.1, -0.05) is 6.08 Å². The Morgan fingerprint density at radius 3 is 3.17 bits per heavy atom. The van der Waals surface area contributed by atoms with Gasteiger partial charge in [-0.25, -0.2) is 0 Å². The lowest BCUT2D eigenvalue weighted by molar-refractivity contribution is 0.309. The third-order valence-corrected chi connectivity index (χ3v) is 1.24. The van der Waals surface area contributed by atoms with Crippen molar-refractivity contribution in [2.45, 2.75) is 6.42 Å². The third kappa shape index (κ3) is 2.84. The molecule has 4 nitrogen and oxygen atoms in total. The van der Waals surface area contributed by atoms with E-state index in [2.05, 4.69) is 21.8 Å². The van der Waals surface area contributed by atoms with Crippen molar-refractivity contribution in [2.24, 2.45) is 0 Å². The summed E-state index contributed by atoms with van der Waals surface area (Å²) in [5.74, 6) is 0.386. The van der Waals surface area contributed by atoms with Crippen molar-refractivity contribution in [2.75, 3.05) is 6.61 Å². The van der Waals surface area contributed by atoms with Gasteiger partial charge in [0.2, 0.25) is 11.2 Å². The van der Waals surface area contributed by atoms with Crippen LogP contribution in [0.1, 0.15) is 6.42 Å². The maximum Gasteiger partial charge on any atom is 0.246 e. The van der Waals surface area contributed by atoms with Crippen molar-refractivity contribution in [1.29, 1.82) is 0 Å². The fourth-order valence-corrected chi connectivity index (χ4v) is 0.711. The molecule has 0 radical (unpaired) electrons. The van der Waals surface area contributed by atoms with Crippen LogP contribution in [-0.2, 0) is 0 Å². The van der Waals surface area contributed by atoms with Gasteiger partial charge < -0.3 is 4.74 Å². The standard InChI is InChI=1S/C7H8ClN3O/c1-2-3-4-12-6-5-9-11-7(8)10-6/h2,5H,1,3-4H2. The van der Waals surface area contributed by atoms with Gasteiger partial charge >= 0.3 is 0 Å². The molecule has 0 aliphatic rings. The largest absolute Gasteiger partial charge is 0.476 e. The lowest BCUT2D eigenvalue weighted by Crippen LogP contribution is -1.99. The second-order valence-corrected chi connectivity index (χ2v) is 2.33. The van der Waals surface area contributed by atoms with Gasteiger partial charge in [0.1, 0.15) is 6.20 Å². The van der Waals surface area contributed by atoms with E-state index in [1.54, 1.807) is 6.08 Å². The van der Waals surface area contributed by atoms with Crippen molar-refractivity contribution in [3.63, 3.8) is 0 Å². The van der Waals surface area contributed by atoms with E-state index in [1.807, 2.05) is 0 Å². The Morgan fingerprint density at radius 1 is 1.67 bits per heavy atom. The summed E-state index contributed by atoms with van der Waals surface area (Å²) in [4.78, 5) is 3.78. The van der Waals surface area contributed by atoms with Crippen molar-refractivity contribution >= 4 is 11.6 Å². The van der Waals surface area contributed by atoms with Gasteiger partial charge in [0.05, 0.1) is 6.61 Å². The Hall–Kier alpha value is -1.16. The average Bonchev–Trinajstić information content (AvgIpc) is 2.05. The SMILES string of the molecule is C=CCCOc1cnnc(Cl)n1. The van der Waals surface area contributed by atoms with Crippen LogP contribution in [0.3, 0.4) is 0 Å². The monoisotopic (exact) mass is 185 g/mol. The van der Waals surface area contributed by atoms with E-state index in [1.165, 1.54) is 6.20 Å². The van der Waals surface area contributed by atoms with Crippen molar-refractivity contribution in [3.8, 4) is 5.88 Å². The van der Waals surface area contributed by atoms with E-state index in [4.69, 9.17) is 16.3 Å². The van der Waals surface area contributed by atoms with Crippen LogP contribution >= 0.6 is 11.6 Å². The zero-order valence-corrected chi connectivity index (χ0v) is 7.16. The highest BCUT2D eigenvalue weighted by molar-refractivity contribution is 6.28. The van der Waals surface area contributed by atoms with Crippen molar-refractivity contribution in [3.05, 3.63) is 24.1 Å². The predicted molar refractivity (Wildman–Crippen MR) is 45.1 cm³/mol. The van der Waals surface area contributed by atoms with Gasteiger partial charge in [-0.05, 0) is 18.0 Å². The Morgan fingerprint density at radius 2 is 2.50 bits per heavy atom. The Balaban J connectivity index is 2.46. The Bertz CT molecular complexity index is 267. The van der Waals surface area contributed by atoms with Gasteiger partial charge in [-0.2, -0.15) is 10.1 Å². The molecule has 64 valence electrons. The molecule has 1 aromatic rings. The molecule has 1 aromatic heterocycles. The number of ether oxygens (including phenoxy) is 1.